The largest absolute Gasteiger partial charge is 0.336 e. The van der Waals surface area contributed by atoms with E-state index >= 15 is 0 Å². The fourth-order valence-corrected chi connectivity index (χ4v) is 5.08. The Kier molecular flexibility index (Phi) is 6.42. The van der Waals surface area contributed by atoms with Crippen LogP contribution in [-0.4, -0.2) is 34.9 Å². The van der Waals surface area contributed by atoms with Crippen molar-refractivity contribution in [3.63, 3.8) is 0 Å². The first-order chi connectivity index (χ1) is 13.4. The summed E-state index contributed by atoms with van der Waals surface area (Å²) in [5, 5.41) is 0.904. The van der Waals surface area contributed by atoms with E-state index in [4.69, 9.17) is 10.7 Å². The molecule has 0 radical (unpaired) electrons. The first kappa shape index (κ1) is 21.5. The van der Waals surface area contributed by atoms with Crippen molar-refractivity contribution < 1.29 is 4.79 Å². The van der Waals surface area contributed by atoms with E-state index in [0.29, 0.717) is 13.1 Å². The van der Waals surface area contributed by atoms with E-state index in [9.17, 15) is 4.79 Å². The number of nitrogens with zero attached hydrogens (tertiary/aromatic N) is 2. The van der Waals surface area contributed by atoms with Gasteiger partial charge in [0, 0.05) is 30.6 Å². The highest BCUT2D eigenvalue weighted by molar-refractivity contribution is 7.17. The summed E-state index contributed by atoms with van der Waals surface area (Å²) < 4.78 is 0. The van der Waals surface area contributed by atoms with Crippen molar-refractivity contribution in [1.29, 1.82) is 0 Å². The Hall–Kier alpha value is -2.21. The first-order valence-electron chi connectivity index (χ1n) is 9.59. The van der Waals surface area contributed by atoms with Gasteiger partial charge in [0.2, 0.25) is 0 Å². The van der Waals surface area contributed by atoms with Crippen molar-refractivity contribution in [3.8, 4) is 10.6 Å². The summed E-state index contributed by atoms with van der Waals surface area (Å²) in [5.41, 5.74) is 11.9. The quantitative estimate of drug-likeness (QED) is 0.657. The second kappa shape index (κ2) is 8.66. The van der Waals surface area contributed by atoms with Crippen molar-refractivity contribution in [2.45, 2.75) is 32.7 Å². The van der Waals surface area contributed by atoms with Gasteiger partial charge in [0.15, 0.2) is 0 Å². The molecule has 1 amide bonds. The van der Waals surface area contributed by atoms with Gasteiger partial charge in [-0.1, -0.05) is 54.1 Å². The molecule has 1 saturated heterocycles. The van der Waals surface area contributed by atoms with Gasteiger partial charge in [-0.2, -0.15) is 0 Å². The molecule has 0 unspecified atom stereocenters. The molecule has 1 aromatic heterocycles. The Morgan fingerprint density at radius 3 is 2.52 bits per heavy atom. The maximum atomic E-state index is 13.2. The van der Waals surface area contributed by atoms with E-state index < -0.39 is 0 Å². The van der Waals surface area contributed by atoms with Crippen LogP contribution in [0.2, 0.25) is 0 Å². The van der Waals surface area contributed by atoms with Crippen LogP contribution in [0.1, 0.15) is 38.0 Å². The third-order valence-corrected chi connectivity index (χ3v) is 6.66. The molecular weight excluding hydrogens is 402 g/mol. The number of aryl methyl sites for hydroxylation is 3. The van der Waals surface area contributed by atoms with E-state index in [-0.39, 0.29) is 30.3 Å². The summed E-state index contributed by atoms with van der Waals surface area (Å²) >= 11 is 1.48. The van der Waals surface area contributed by atoms with E-state index in [1.807, 2.05) is 30.0 Å². The highest BCUT2D eigenvalue weighted by Gasteiger charge is 2.35. The third-order valence-electron chi connectivity index (χ3n) is 5.48. The number of carbonyl (C=O) groups is 1. The zero-order valence-electron chi connectivity index (χ0n) is 16.9. The zero-order valence-corrected chi connectivity index (χ0v) is 18.5. The summed E-state index contributed by atoms with van der Waals surface area (Å²) in [6.07, 6.45) is 0. The molecule has 0 aliphatic carbocycles. The molecule has 3 aromatic rings. The Bertz CT molecular complexity index is 1020. The van der Waals surface area contributed by atoms with Crippen molar-refractivity contribution in [1.82, 2.24) is 9.88 Å². The van der Waals surface area contributed by atoms with E-state index in [2.05, 4.69) is 44.2 Å². The number of aromatic nitrogens is 1. The third kappa shape index (κ3) is 4.22. The highest BCUT2D eigenvalue weighted by atomic mass is 35.5. The van der Waals surface area contributed by atoms with E-state index in [1.54, 1.807) is 0 Å². The van der Waals surface area contributed by atoms with Gasteiger partial charge in [0.1, 0.15) is 9.88 Å². The summed E-state index contributed by atoms with van der Waals surface area (Å²) in [4.78, 5) is 20.5. The van der Waals surface area contributed by atoms with Crippen molar-refractivity contribution in [3.05, 3.63) is 75.8 Å². The van der Waals surface area contributed by atoms with Crippen LogP contribution in [0.15, 0.2) is 48.5 Å². The Morgan fingerprint density at radius 2 is 1.83 bits per heavy atom. The van der Waals surface area contributed by atoms with Crippen LogP contribution >= 0.6 is 23.7 Å². The van der Waals surface area contributed by atoms with Crippen molar-refractivity contribution in [2.75, 3.05) is 13.1 Å². The molecule has 2 atom stereocenters. The van der Waals surface area contributed by atoms with Gasteiger partial charge < -0.3 is 10.6 Å². The monoisotopic (exact) mass is 427 g/mol. The van der Waals surface area contributed by atoms with Gasteiger partial charge in [-0.05, 0) is 31.9 Å². The topological polar surface area (TPSA) is 59.2 Å². The average Bonchev–Trinajstić information content (AvgIpc) is 3.25. The lowest BCUT2D eigenvalue weighted by atomic mass is 9.95. The molecule has 2 aromatic carbocycles. The van der Waals surface area contributed by atoms with Crippen LogP contribution in [0, 0.1) is 20.8 Å². The average molecular weight is 428 g/mol. The molecule has 1 fully saturated rings. The van der Waals surface area contributed by atoms with Gasteiger partial charge in [0.25, 0.3) is 5.91 Å². The predicted octanol–water partition coefficient (Wildman–Crippen LogP) is 4.72. The molecule has 4 nitrogen and oxygen atoms in total. The summed E-state index contributed by atoms with van der Waals surface area (Å²) in [7, 11) is 0. The minimum Gasteiger partial charge on any atom is -0.336 e. The second-order valence-electron chi connectivity index (χ2n) is 7.64. The van der Waals surface area contributed by atoms with Gasteiger partial charge in [-0.3, -0.25) is 4.79 Å². The molecule has 1 aliphatic rings. The number of amides is 1. The maximum absolute atomic E-state index is 13.2. The fraction of sp³-hybridized carbons (Fsp3) is 0.304. The maximum Gasteiger partial charge on any atom is 0.265 e. The Balaban J connectivity index is 0.00000240. The lowest BCUT2D eigenvalue weighted by Crippen LogP contribution is -2.32. The smallest absolute Gasteiger partial charge is 0.265 e. The number of nitrogens with two attached hydrogens (primary N) is 1. The van der Waals surface area contributed by atoms with Crippen LogP contribution < -0.4 is 5.73 Å². The standard InChI is InChI=1S/C23H25N3OS.ClH/c1-14-9-10-18(15(2)11-14)22-25-16(3)21(28-22)23(27)26-12-19(20(24)13-26)17-7-5-4-6-8-17;/h4-11,19-20H,12-13,24H2,1-3H3;1H/t19-,20+;/m0./s1. The molecule has 29 heavy (non-hydrogen) atoms. The number of likely N-dealkylation sites (tertiary alicyclic amines) is 1. The number of benzene rings is 2. The molecule has 0 saturated carbocycles. The molecule has 0 bridgehead atoms. The first-order valence-corrected chi connectivity index (χ1v) is 10.4. The molecule has 152 valence electrons. The Labute approximate surface area is 182 Å². The van der Waals surface area contributed by atoms with E-state index in [1.165, 1.54) is 28.0 Å². The molecule has 0 spiro atoms. The molecule has 6 heteroatoms. The normalized spacial score (nSPS) is 18.6. The summed E-state index contributed by atoms with van der Waals surface area (Å²) in [5.74, 6) is 0.220. The number of rotatable bonds is 3. The van der Waals surface area contributed by atoms with Gasteiger partial charge in [-0.15, -0.1) is 23.7 Å². The lowest BCUT2D eigenvalue weighted by Gasteiger charge is -2.16. The lowest BCUT2D eigenvalue weighted by molar-refractivity contribution is 0.0793. The minimum absolute atomic E-state index is 0. The molecule has 1 aliphatic heterocycles. The summed E-state index contributed by atoms with van der Waals surface area (Å²) in [6, 6.07) is 16.5. The number of halogens is 1. The van der Waals surface area contributed by atoms with Crippen molar-refractivity contribution in [2.24, 2.45) is 5.73 Å². The Morgan fingerprint density at radius 1 is 1.10 bits per heavy atom. The van der Waals surface area contributed by atoms with Gasteiger partial charge in [0.05, 0.1) is 5.69 Å². The van der Waals surface area contributed by atoms with Gasteiger partial charge in [-0.25, -0.2) is 4.98 Å². The van der Waals surface area contributed by atoms with Crippen LogP contribution in [0.4, 0.5) is 0 Å². The van der Waals surface area contributed by atoms with Crippen LogP contribution in [0.3, 0.4) is 0 Å². The van der Waals surface area contributed by atoms with Crippen LogP contribution in [0.5, 0.6) is 0 Å². The number of carbonyl (C=O) groups excluding carboxylic acids is 1. The number of thiazole rings is 1. The highest BCUT2D eigenvalue weighted by Crippen LogP contribution is 2.33. The van der Waals surface area contributed by atoms with Crippen LogP contribution in [0.25, 0.3) is 10.6 Å². The number of hydrogen-bond donors (Lipinski definition) is 1. The van der Waals surface area contributed by atoms with E-state index in [0.717, 1.165) is 21.1 Å². The fourth-order valence-electron chi connectivity index (χ4n) is 3.95. The molecule has 2 heterocycles. The SMILES string of the molecule is Cc1ccc(-c2nc(C)c(C(=O)N3C[C@@H](N)[C@H](c4ccccc4)C3)s2)c(C)c1.Cl. The summed E-state index contributed by atoms with van der Waals surface area (Å²) in [6.45, 7) is 7.32. The van der Waals surface area contributed by atoms with Gasteiger partial charge >= 0.3 is 0 Å². The second-order valence-corrected chi connectivity index (χ2v) is 8.64. The number of hydrogen-bond acceptors (Lipinski definition) is 4. The minimum atomic E-state index is -0.0432. The molecule has 4 rings (SSSR count). The van der Waals surface area contributed by atoms with Crippen LogP contribution in [-0.2, 0) is 0 Å². The molecule has 2 N–H and O–H groups in total. The predicted molar refractivity (Wildman–Crippen MR) is 122 cm³/mol. The zero-order chi connectivity index (χ0) is 19.8. The van der Waals surface area contributed by atoms with Crippen molar-refractivity contribution >= 4 is 29.7 Å². The molecular formula is C23H26ClN3OS.